The second-order valence-corrected chi connectivity index (χ2v) is 6.13. The van der Waals surface area contributed by atoms with Crippen LogP contribution >= 0.6 is 0 Å². The summed E-state index contributed by atoms with van der Waals surface area (Å²) in [4.78, 5) is 0. The molecule has 0 spiro atoms. The van der Waals surface area contributed by atoms with Crippen LogP contribution in [-0.2, 0) is 11.3 Å². The van der Waals surface area contributed by atoms with Crippen molar-refractivity contribution in [2.45, 2.75) is 45.4 Å². The van der Waals surface area contributed by atoms with Crippen LogP contribution in [0.2, 0.25) is 0 Å². The Morgan fingerprint density at radius 3 is 2.70 bits per heavy atom. The Kier molecular flexibility index (Phi) is 4.37. The number of benzene rings is 1. The van der Waals surface area contributed by atoms with Gasteiger partial charge in [0.25, 0.3) is 0 Å². The molecule has 4 nitrogen and oxygen atoms in total. The Bertz CT molecular complexity index is 461. The molecule has 1 aliphatic rings. The molecule has 1 aliphatic carbocycles. The van der Waals surface area contributed by atoms with E-state index < -0.39 is 0 Å². The molecule has 1 saturated carbocycles. The van der Waals surface area contributed by atoms with Crippen LogP contribution in [0.4, 0.5) is 0 Å². The number of hydrogen-bond acceptors (Lipinski definition) is 4. The summed E-state index contributed by atoms with van der Waals surface area (Å²) in [6, 6.07) is 7.18. The van der Waals surface area contributed by atoms with E-state index in [0.29, 0.717) is 13.2 Å². The zero-order valence-corrected chi connectivity index (χ0v) is 12.5. The molecule has 0 saturated heterocycles. The van der Waals surface area contributed by atoms with Gasteiger partial charge in [0.15, 0.2) is 0 Å². The van der Waals surface area contributed by atoms with Gasteiger partial charge >= 0.3 is 0 Å². The fourth-order valence-electron chi connectivity index (χ4n) is 3.04. The van der Waals surface area contributed by atoms with Crippen molar-refractivity contribution in [3.63, 3.8) is 0 Å². The number of nitrogens with one attached hydrogen (secondary N) is 1. The first-order valence-electron chi connectivity index (χ1n) is 7.20. The summed E-state index contributed by atoms with van der Waals surface area (Å²) < 4.78 is 5.73. The van der Waals surface area contributed by atoms with Gasteiger partial charge in [-0.25, -0.2) is 0 Å². The monoisotopic (exact) mass is 279 g/mol. The molecule has 20 heavy (non-hydrogen) atoms. The van der Waals surface area contributed by atoms with Crippen molar-refractivity contribution in [1.82, 2.24) is 5.32 Å². The minimum absolute atomic E-state index is 0.0857. The summed E-state index contributed by atoms with van der Waals surface area (Å²) in [5.74, 6) is 0.266. The molecule has 112 valence electrons. The number of hydrogen-bond donors (Lipinski definition) is 3. The average molecular weight is 279 g/mol. The van der Waals surface area contributed by atoms with E-state index in [1.165, 1.54) is 0 Å². The molecule has 0 bridgehead atoms. The van der Waals surface area contributed by atoms with Crippen molar-refractivity contribution in [3.8, 4) is 5.75 Å². The summed E-state index contributed by atoms with van der Waals surface area (Å²) in [6.07, 6.45) is 0.986. The van der Waals surface area contributed by atoms with Gasteiger partial charge in [-0.1, -0.05) is 26.0 Å². The molecule has 1 aromatic rings. The summed E-state index contributed by atoms with van der Waals surface area (Å²) in [7, 11) is 0. The largest absolute Gasteiger partial charge is 0.508 e. The van der Waals surface area contributed by atoms with E-state index in [4.69, 9.17) is 4.74 Å². The number of phenolic OH excluding ortho intramolecular Hbond substituents is 1. The number of ether oxygens (including phenoxy) is 1. The number of aliphatic hydroxyl groups excluding tert-OH is 1. The van der Waals surface area contributed by atoms with Crippen LogP contribution < -0.4 is 5.32 Å². The third-order valence-corrected chi connectivity index (χ3v) is 4.75. The Morgan fingerprint density at radius 2 is 2.15 bits per heavy atom. The molecule has 0 unspecified atom stereocenters. The topological polar surface area (TPSA) is 61.7 Å². The van der Waals surface area contributed by atoms with E-state index >= 15 is 0 Å². The van der Waals surface area contributed by atoms with E-state index in [9.17, 15) is 10.2 Å². The highest BCUT2D eigenvalue weighted by atomic mass is 16.5. The molecular weight excluding hydrogens is 254 g/mol. The molecule has 1 fully saturated rings. The highest BCUT2D eigenvalue weighted by Gasteiger charge is 2.60. The normalized spacial score (nSPS) is 28.1. The van der Waals surface area contributed by atoms with Gasteiger partial charge in [0.1, 0.15) is 5.75 Å². The van der Waals surface area contributed by atoms with Crippen molar-refractivity contribution in [3.05, 3.63) is 29.8 Å². The maximum absolute atomic E-state index is 9.82. The Balaban J connectivity index is 2.03. The quantitative estimate of drug-likeness (QED) is 0.746. The minimum Gasteiger partial charge on any atom is -0.508 e. The molecule has 0 aromatic heterocycles. The van der Waals surface area contributed by atoms with Gasteiger partial charge in [0, 0.05) is 18.6 Å². The molecule has 2 rings (SSSR count). The Morgan fingerprint density at radius 1 is 1.40 bits per heavy atom. The van der Waals surface area contributed by atoms with Crippen molar-refractivity contribution in [1.29, 1.82) is 0 Å². The zero-order valence-electron chi connectivity index (χ0n) is 12.5. The van der Waals surface area contributed by atoms with Crippen LogP contribution in [0.1, 0.15) is 32.8 Å². The third kappa shape index (κ3) is 2.55. The summed E-state index contributed by atoms with van der Waals surface area (Å²) in [5.41, 5.74) is 0.570. The standard InChI is InChI=1S/C16H25NO3/c1-4-20-14-9-16(11-18,15(14,2)3)17-10-12-6-5-7-13(19)8-12/h5-8,14,17-19H,4,9-11H2,1-3H3/t14-,16+/m0/s1. The van der Waals surface area contributed by atoms with Crippen LogP contribution in [0.5, 0.6) is 5.75 Å². The number of phenols is 1. The molecule has 0 amide bonds. The zero-order chi connectivity index (χ0) is 14.8. The van der Waals surface area contributed by atoms with E-state index in [2.05, 4.69) is 19.2 Å². The number of rotatable bonds is 6. The molecule has 4 heteroatoms. The average Bonchev–Trinajstić information content (AvgIpc) is 2.42. The van der Waals surface area contributed by atoms with Crippen LogP contribution in [0, 0.1) is 5.41 Å². The minimum atomic E-state index is -0.321. The maximum atomic E-state index is 9.82. The lowest BCUT2D eigenvalue weighted by Gasteiger charge is -2.60. The predicted octanol–water partition coefficient (Wildman–Crippen LogP) is 2.05. The smallest absolute Gasteiger partial charge is 0.115 e. The molecule has 0 aliphatic heterocycles. The molecule has 3 N–H and O–H groups in total. The molecule has 1 aromatic carbocycles. The lowest BCUT2D eigenvalue weighted by atomic mass is 9.54. The van der Waals surface area contributed by atoms with E-state index in [1.807, 2.05) is 19.1 Å². The van der Waals surface area contributed by atoms with Gasteiger partial charge in [-0.15, -0.1) is 0 Å². The fourth-order valence-corrected chi connectivity index (χ4v) is 3.04. The number of aliphatic hydroxyl groups is 1. The van der Waals surface area contributed by atoms with Gasteiger partial charge in [0.2, 0.25) is 0 Å². The lowest BCUT2D eigenvalue weighted by Crippen LogP contribution is -2.73. The lowest BCUT2D eigenvalue weighted by molar-refractivity contribution is -0.177. The predicted molar refractivity (Wildman–Crippen MR) is 78.6 cm³/mol. The van der Waals surface area contributed by atoms with Gasteiger partial charge in [0.05, 0.1) is 18.2 Å². The molecule has 2 atom stereocenters. The second-order valence-electron chi connectivity index (χ2n) is 6.13. The summed E-state index contributed by atoms with van der Waals surface area (Å²) in [6.45, 7) is 7.65. The van der Waals surface area contributed by atoms with E-state index in [0.717, 1.165) is 12.0 Å². The maximum Gasteiger partial charge on any atom is 0.115 e. The van der Waals surface area contributed by atoms with Crippen molar-refractivity contribution >= 4 is 0 Å². The van der Waals surface area contributed by atoms with E-state index in [1.54, 1.807) is 12.1 Å². The first-order valence-corrected chi connectivity index (χ1v) is 7.20. The molecular formula is C16H25NO3. The highest BCUT2D eigenvalue weighted by molar-refractivity contribution is 5.27. The highest BCUT2D eigenvalue weighted by Crippen LogP contribution is 2.51. The van der Waals surface area contributed by atoms with Gasteiger partial charge in [-0.3, -0.25) is 0 Å². The summed E-state index contributed by atoms with van der Waals surface area (Å²) in [5, 5.41) is 22.8. The van der Waals surface area contributed by atoms with Crippen LogP contribution in [0.15, 0.2) is 24.3 Å². The van der Waals surface area contributed by atoms with Gasteiger partial charge < -0.3 is 20.3 Å². The van der Waals surface area contributed by atoms with Crippen LogP contribution in [0.3, 0.4) is 0 Å². The van der Waals surface area contributed by atoms with Crippen LogP contribution in [0.25, 0.3) is 0 Å². The molecule has 0 radical (unpaired) electrons. The van der Waals surface area contributed by atoms with Gasteiger partial charge in [-0.05, 0) is 31.0 Å². The Hall–Kier alpha value is -1.10. The van der Waals surface area contributed by atoms with Crippen LogP contribution in [-0.4, -0.2) is 35.1 Å². The first kappa shape index (κ1) is 15.3. The van der Waals surface area contributed by atoms with Gasteiger partial charge in [-0.2, -0.15) is 0 Å². The van der Waals surface area contributed by atoms with E-state index in [-0.39, 0.29) is 29.4 Å². The van der Waals surface area contributed by atoms with Crippen molar-refractivity contribution in [2.24, 2.45) is 5.41 Å². The van der Waals surface area contributed by atoms with Crippen molar-refractivity contribution in [2.75, 3.05) is 13.2 Å². The SMILES string of the molecule is CCO[C@H]1C[C@](CO)(NCc2cccc(O)c2)C1(C)C. The fraction of sp³-hybridized carbons (Fsp3) is 0.625. The van der Waals surface area contributed by atoms with Crippen molar-refractivity contribution < 1.29 is 14.9 Å². The summed E-state index contributed by atoms with van der Waals surface area (Å²) >= 11 is 0. The first-order chi connectivity index (χ1) is 9.45. The number of aromatic hydroxyl groups is 1. The Labute approximate surface area is 120 Å². The second kappa shape index (κ2) is 5.72. The molecule has 0 heterocycles. The third-order valence-electron chi connectivity index (χ3n) is 4.75.